The zero-order valence-corrected chi connectivity index (χ0v) is 19.1. The Hall–Kier alpha value is -2.70. The molecule has 0 aliphatic heterocycles. The molecule has 0 aliphatic carbocycles. The number of sulfone groups is 1. The summed E-state index contributed by atoms with van der Waals surface area (Å²) in [5.41, 5.74) is 6.62. The molecule has 162 valence electrons. The average molecular weight is 530 g/mol. The first-order chi connectivity index (χ1) is 14.6. The number of halogens is 3. The minimum Gasteiger partial charge on any atom is -0.403 e. The van der Waals surface area contributed by atoms with Gasteiger partial charge < -0.3 is 20.0 Å². The number of hydrogen-bond acceptors (Lipinski definition) is 8. The lowest BCUT2D eigenvalue weighted by Crippen LogP contribution is -2.10. The number of nitrogens with one attached hydrogen (secondary N) is 1. The SMILES string of the molecule is CS(=O)(=O)CCn1cnc2c(F)c(Nc3ccc(Br)cc3Cl)c(-c3nnc(N)o3)cc21. The Kier molecular flexibility index (Phi) is 5.62. The first-order valence-electron chi connectivity index (χ1n) is 8.79. The van der Waals surface area contributed by atoms with Crippen LogP contribution in [0.5, 0.6) is 0 Å². The highest BCUT2D eigenvalue weighted by atomic mass is 79.9. The van der Waals surface area contributed by atoms with E-state index in [0.717, 1.165) is 10.7 Å². The minimum atomic E-state index is -3.23. The van der Waals surface area contributed by atoms with Crippen LogP contribution in [0.2, 0.25) is 5.02 Å². The molecule has 13 heteroatoms. The second kappa shape index (κ2) is 8.09. The van der Waals surface area contributed by atoms with Gasteiger partial charge in [-0.15, -0.1) is 5.10 Å². The van der Waals surface area contributed by atoms with Crippen LogP contribution in [0.15, 0.2) is 39.5 Å². The van der Waals surface area contributed by atoms with Crippen LogP contribution >= 0.6 is 27.5 Å². The van der Waals surface area contributed by atoms with E-state index >= 15 is 4.39 Å². The van der Waals surface area contributed by atoms with Gasteiger partial charge in [0.15, 0.2) is 5.82 Å². The predicted molar refractivity (Wildman–Crippen MR) is 120 cm³/mol. The molecule has 0 saturated carbocycles. The lowest BCUT2D eigenvalue weighted by molar-refractivity contribution is 0.588. The van der Waals surface area contributed by atoms with Crippen molar-refractivity contribution < 1.29 is 17.2 Å². The van der Waals surface area contributed by atoms with Crippen molar-refractivity contribution in [2.24, 2.45) is 0 Å². The molecule has 2 aromatic carbocycles. The molecular formula is C18H15BrClFN6O3S. The fourth-order valence-corrected chi connectivity index (χ4v) is 4.21. The molecule has 0 aliphatic rings. The Bertz CT molecular complexity index is 1410. The predicted octanol–water partition coefficient (Wildman–Crippen LogP) is 4.01. The van der Waals surface area contributed by atoms with Gasteiger partial charge in [-0.05, 0) is 24.3 Å². The Morgan fingerprint density at radius 3 is 2.74 bits per heavy atom. The van der Waals surface area contributed by atoms with E-state index in [1.807, 2.05) is 0 Å². The van der Waals surface area contributed by atoms with Crippen LogP contribution in [0.25, 0.3) is 22.5 Å². The quantitative estimate of drug-likeness (QED) is 0.383. The van der Waals surface area contributed by atoms with Crippen molar-refractivity contribution >= 4 is 65.8 Å². The van der Waals surface area contributed by atoms with Crippen molar-refractivity contribution in [1.29, 1.82) is 0 Å². The van der Waals surface area contributed by atoms with Gasteiger partial charge in [0.25, 0.3) is 5.89 Å². The monoisotopic (exact) mass is 528 g/mol. The number of hydrogen-bond donors (Lipinski definition) is 2. The number of rotatable bonds is 6. The first-order valence-corrected chi connectivity index (χ1v) is 12.0. The average Bonchev–Trinajstić information content (AvgIpc) is 3.29. The number of aryl methyl sites for hydroxylation is 1. The molecule has 2 aromatic heterocycles. The van der Waals surface area contributed by atoms with Gasteiger partial charge in [0.1, 0.15) is 15.4 Å². The van der Waals surface area contributed by atoms with E-state index in [2.05, 4.69) is 36.4 Å². The Labute approximate surface area is 189 Å². The third-order valence-corrected chi connectivity index (χ3v) is 6.15. The highest BCUT2D eigenvalue weighted by Crippen LogP contribution is 2.38. The summed E-state index contributed by atoms with van der Waals surface area (Å²) in [6.07, 6.45) is 2.50. The van der Waals surface area contributed by atoms with Crippen LogP contribution in [0, 0.1) is 5.82 Å². The molecule has 0 fully saturated rings. The maximum absolute atomic E-state index is 15.6. The number of imidazole rings is 1. The molecule has 4 aromatic rings. The maximum Gasteiger partial charge on any atom is 0.313 e. The molecule has 3 N–H and O–H groups in total. The summed E-state index contributed by atoms with van der Waals surface area (Å²) in [6.45, 7) is 0.103. The van der Waals surface area contributed by atoms with Crippen molar-refractivity contribution in [2.45, 2.75) is 6.54 Å². The van der Waals surface area contributed by atoms with Gasteiger partial charge >= 0.3 is 6.01 Å². The van der Waals surface area contributed by atoms with E-state index in [0.29, 0.717) is 16.2 Å². The number of nitrogens with zero attached hydrogens (tertiary/aromatic N) is 4. The fraction of sp³-hybridized carbons (Fsp3) is 0.167. The zero-order valence-electron chi connectivity index (χ0n) is 15.9. The molecule has 31 heavy (non-hydrogen) atoms. The van der Waals surface area contributed by atoms with E-state index < -0.39 is 15.7 Å². The highest BCUT2D eigenvalue weighted by molar-refractivity contribution is 9.10. The number of anilines is 3. The van der Waals surface area contributed by atoms with Crippen LogP contribution in [-0.4, -0.2) is 40.2 Å². The van der Waals surface area contributed by atoms with Crippen molar-refractivity contribution in [3.05, 3.63) is 45.9 Å². The summed E-state index contributed by atoms with van der Waals surface area (Å²) in [7, 11) is -3.23. The Morgan fingerprint density at radius 2 is 2.10 bits per heavy atom. The van der Waals surface area contributed by atoms with Crippen molar-refractivity contribution in [1.82, 2.24) is 19.7 Å². The lowest BCUT2D eigenvalue weighted by atomic mass is 10.1. The molecule has 2 heterocycles. The van der Waals surface area contributed by atoms with E-state index in [-0.39, 0.29) is 41.0 Å². The van der Waals surface area contributed by atoms with Gasteiger partial charge in [-0.3, -0.25) is 0 Å². The van der Waals surface area contributed by atoms with Gasteiger partial charge in [0, 0.05) is 17.3 Å². The molecule has 0 amide bonds. The minimum absolute atomic E-state index is 0.00809. The summed E-state index contributed by atoms with van der Waals surface area (Å²) >= 11 is 9.60. The topological polar surface area (TPSA) is 129 Å². The van der Waals surface area contributed by atoms with E-state index in [9.17, 15) is 8.42 Å². The number of nitrogen functional groups attached to an aromatic ring is 1. The zero-order chi connectivity index (χ0) is 22.3. The summed E-state index contributed by atoms with van der Waals surface area (Å²) in [5, 5.41) is 10.8. The summed E-state index contributed by atoms with van der Waals surface area (Å²) in [6, 6.07) is 6.47. The van der Waals surface area contributed by atoms with Crippen LogP contribution < -0.4 is 11.1 Å². The van der Waals surface area contributed by atoms with Gasteiger partial charge in [0.05, 0.1) is 39.6 Å². The maximum atomic E-state index is 15.6. The third kappa shape index (κ3) is 4.50. The molecule has 4 rings (SSSR count). The molecule has 0 unspecified atom stereocenters. The molecule has 0 bridgehead atoms. The van der Waals surface area contributed by atoms with E-state index in [4.69, 9.17) is 21.8 Å². The van der Waals surface area contributed by atoms with E-state index in [1.54, 1.807) is 28.8 Å². The lowest BCUT2D eigenvalue weighted by Gasteiger charge is -2.14. The van der Waals surface area contributed by atoms with Crippen molar-refractivity contribution in [2.75, 3.05) is 23.1 Å². The second-order valence-electron chi connectivity index (χ2n) is 6.74. The Morgan fingerprint density at radius 1 is 1.32 bits per heavy atom. The third-order valence-electron chi connectivity index (χ3n) is 4.42. The molecule has 0 saturated heterocycles. The van der Waals surface area contributed by atoms with Crippen LogP contribution in [0.1, 0.15) is 0 Å². The highest BCUT2D eigenvalue weighted by Gasteiger charge is 2.23. The molecule has 0 atom stereocenters. The van der Waals surface area contributed by atoms with Crippen LogP contribution in [0.3, 0.4) is 0 Å². The largest absolute Gasteiger partial charge is 0.403 e. The summed E-state index contributed by atoms with van der Waals surface area (Å²) < 4.78 is 46.3. The van der Waals surface area contributed by atoms with Crippen LogP contribution in [0.4, 0.5) is 21.8 Å². The summed E-state index contributed by atoms with van der Waals surface area (Å²) in [4.78, 5) is 4.12. The second-order valence-corrected chi connectivity index (χ2v) is 10.3. The molecule has 0 radical (unpaired) electrons. The smallest absolute Gasteiger partial charge is 0.313 e. The van der Waals surface area contributed by atoms with Gasteiger partial charge in [-0.2, -0.15) is 0 Å². The molecule has 0 spiro atoms. The van der Waals surface area contributed by atoms with E-state index in [1.165, 1.54) is 6.33 Å². The number of nitrogens with two attached hydrogens (primary N) is 1. The molecule has 9 nitrogen and oxygen atoms in total. The van der Waals surface area contributed by atoms with Gasteiger partial charge in [0.2, 0.25) is 0 Å². The fourth-order valence-electron chi connectivity index (χ4n) is 2.96. The normalized spacial score (nSPS) is 11.9. The number of aromatic nitrogens is 4. The van der Waals surface area contributed by atoms with Gasteiger partial charge in [-0.1, -0.05) is 32.6 Å². The number of fused-ring (bicyclic) bond motifs is 1. The van der Waals surface area contributed by atoms with Crippen molar-refractivity contribution in [3.63, 3.8) is 0 Å². The molecular weight excluding hydrogens is 515 g/mol. The Balaban J connectivity index is 1.88. The van der Waals surface area contributed by atoms with Crippen molar-refractivity contribution in [3.8, 4) is 11.5 Å². The summed E-state index contributed by atoms with van der Waals surface area (Å²) in [5.74, 6) is -0.844. The first kappa shape index (κ1) is 21.5. The number of benzene rings is 2. The van der Waals surface area contributed by atoms with Crippen LogP contribution in [-0.2, 0) is 16.4 Å². The standard InChI is InChI=1S/C18H15BrClFN6O3S/c1-31(28,29)5-4-27-8-23-16-13(27)7-10(17-25-26-18(22)30-17)15(14(16)21)24-12-3-2-9(19)6-11(12)20/h2-3,6-8,24H,4-5H2,1H3,(H2,22,26). The van der Waals surface area contributed by atoms with Gasteiger partial charge in [-0.25, -0.2) is 17.8 Å².